The topological polar surface area (TPSA) is 9.23 Å². The fourth-order valence-electron chi connectivity index (χ4n) is 1.55. The molecule has 1 unspecified atom stereocenters. The quantitative estimate of drug-likeness (QED) is 0.334. The van der Waals surface area contributed by atoms with Crippen LogP contribution in [0.4, 0.5) is 0 Å². The molecule has 0 saturated heterocycles. The van der Waals surface area contributed by atoms with Gasteiger partial charge in [0.15, 0.2) is 0 Å². The zero-order valence-corrected chi connectivity index (χ0v) is 11.7. The Labute approximate surface area is 98.2 Å². The molecular weight excluding hydrogens is 203 g/mol. The molecule has 1 atom stereocenters. The van der Waals surface area contributed by atoms with E-state index < -0.39 is 0 Å². The minimum absolute atomic E-state index is 0.744. The molecule has 0 amide bonds. The highest BCUT2D eigenvalue weighted by molar-refractivity contribution is 7.32. The first-order chi connectivity index (χ1) is 7.41. The summed E-state index contributed by atoms with van der Waals surface area (Å²) >= 11 is 0. The fraction of sp³-hybridized carbons (Fsp3) is 1.00. The number of hydrogen-bond acceptors (Lipinski definition) is 1. The molecule has 0 aliphatic rings. The van der Waals surface area contributed by atoms with Gasteiger partial charge in [-0.05, 0) is 12.6 Å². The van der Waals surface area contributed by atoms with Crippen LogP contribution in [-0.2, 0) is 4.52 Å². The van der Waals surface area contributed by atoms with Crippen LogP contribution in [-0.4, -0.2) is 12.8 Å². The minimum Gasteiger partial charge on any atom is -0.362 e. The maximum atomic E-state index is 5.55. The summed E-state index contributed by atoms with van der Waals surface area (Å²) in [4.78, 5) is 0. The smallest absolute Gasteiger partial charge is 0.0505 e. The highest BCUT2D eigenvalue weighted by Gasteiger charge is 1.92. The lowest BCUT2D eigenvalue weighted by atomic mass is 10.1. The van der Waals surface area contributed by atoms with E-state index in [9.17, 15) is 0 Å². The fourth-order valence-corrected chi connectivity index (χ4v) is 2.19. The van der Waals surface area contributed by atoms with Gasteiger partial charge in [-0.15, -0.1) is 0 Å². The van der Waals surface area contributed by atoms with Crippen LogP contribution in [0.5, 0.6) is 0 Å². The largest absolute Gasteiger partial charge is 0.362 e. The Bertz CT molecular complexity index is 94.7. The molecule has 0 bridgehead atoms. The Balaban J connectivity index is 2.81. The highest BCUT2D eigenvalue weighted by Crippen LogP contribution is 2.14. The van der Waals surface area contributed by atoms with Gasteiger partial charge in [-0.3, -0.25) is 0 Å². The standard InChI is InChI=1S/C13H29OP/c1-3-5-6-7-8-9-10-11-12-14-15-13-4-2/h15H,3-13H2,1-2H3. The van der Waals surface area contributed by atoms with Crippen LogP contribution in [0.1, 0.15) is 71.6 Å². The molecular formula is C13H29OP. The maximum Gasteiger partial charge on any atom is 0.0505 e. The molecule has 0 fully saturated rings. The van der Waals surface area contributed by atoms with E-state index >= 15 is 0 Å². The predicted octanol–water partition coefficient (Wildman–Crippen LogP) is 5.15. The monoisotopic (exact) mass is 232 g/mol. The van der Waals surface area contributed by atoms with Gasteiger partial charge in [-0.2, -0.15) is 0 Å². The number of rotatable bonds is 12. The summed E-state index contributed by atoms with van der Waals surface area (Å²) in [7, 11) is 0.744. The van der Waals surface area contributed by atoms with E-state index in [1.54, 1.807) is 0 Å². The van der Waals surface area contributed by atoms with Crippen molar-refractivity contribution in [2.24, 2.45) is 0 Å². The van der Waals surface area contributed by atoms with Crippen molar-refractivity contribution in [3.8, 4) is 0 Å². The Morgan fingerprint density at radius 2 is 1.33 bits per heavy atom. The third kappa shape index (κ3) is 14.4. The molecule has 0 spiro atoms. The van der Waals surface area contributed by atoms with Crippen LogP contribution >= 0.6 is 8.81 Å². The van der Waals surface area contributed by atoms with Crippen LogP contribution in [0.3, 0.4) is 0 Å². The summed E-state index contributed by atoms with van der Waals surface area (Å²) in [5, 5.41) is 0. The van der Waals surface area contributed by atoms with Crippen molar-refractivity contribution in [3.05, 3.63) is 0 Å². The molecule has 0 radical (unpaired) electrons. The lowest BCUT2D eigenvalue weighted by Crippen LogP contribution is -1.87. The average molecular weight is 232 g/mol. The third-order valence-electron chi connectivity index (χ3n) is 2.55. The van der Waals surface area contributed by atoms with Crippen LogP contribution in [0, 0.1) is 0 Å². The van der Waals surface area contributed by atoms with Crippen molar-refractivity contribution >= 4 is 8.81 Å². The first-order valence-corrected chi connectivity index (χ1v) is 7.88. The van der Waals surface area contributed by atoms with E-state index in [4.69, 9.17) is 4.52 Å². The SMILES string of the molecule is CCCCCCCCCCOPCCC. The van der Waals surface area contributed by atoms with Gasteiger partial charge in [0.2, 0.25) is 0 Å². The van der Waals surface area contributed by atoms with Gasteiger partial charge in [0.05, 0.1) is 6.61 Å². The Morgan fingerprint density at radius 3 is 1.93 bits per heavy atom. The van der Waals surface area contributed by atoms with Crippen LogP contribution in [0.2, 0.25) is 0 Å². The second-order valence-corrected chi connectivity index (χ2v) is 5.30. The molecule has 0 saturated carbocycles. The van der Waals surface area contributed by atoms with Crippen molar-refractivity contribution in [3.63, 3.8) is 0 Å². The normalized spacial score (nSPS) is 11.6. The molecule has 0 aromatic heterocycles. The zero-order valence-electron chi connectivity index (χ0n) is 10.7. The molecule has 0 aliphatic heterocycles. The Hall–Kier alpha value is 0.390. The number of unbranched alkanes of at least 4 members (excludes halogenated alkanes) is 7. The first kappa shape index (κ1) is 15.4. The second-order valence-electron chi connectivity index (χ2n) is 4.22. The van der Waals surface area contributed by atoms with E-state index in [-0.39, 0.29) is 0 Å². The molecule has 0 aromatic carbocycles. The van der Waals surface area contributed by atoms with Crippen molar-refractivity contribution in [2.45, 2.75) is 71.6 Å². The second kappa shape index (κ2) is 14.4. The van der Waals surface area contributed by atoms with Gasteiger partial charge < -0.3 is 4.52 Å². The summed E-state index contributed by atoms with van der Waals surface area (Å²) in [5.41, 5.74) is 0. The van der Waals surface area contributed by atoms with Gasteiger partial charge in [0.25, 0.3) is 0 Å². The molecule has 15 heavy (non-hydrogen) atoms. The van der Waals surface area contributed by atoms with Gasteiger partial charge in [-0.25, -0.2) is 0 Å². The summed E-state index contributed by atoms with van der Waals surface area (Å²) in [6, 6.07) is 0. The van der Waals surface area contributed by atoms with E-state index in [1.807, 2.05) is 0 Å². The molecule has 1 nitrogen and oxygen atoms in total. The van der Waals surface area contributed by atoms with Gasteiger partial charge in [0.1, 0.15) is 0 Å². The molecule has 0 aromatic rings. The van der Waals surface area contributed by atoms with E-state index in [0.717, 1.165) is 15.4 Å². The summed E-state index contributed by atoms with van der Waals surface area (Å²) in [6.07, 6.45) is 13.6. The van der Waals surface area contributed by atoms with E-state index in [1.165, 1.54) is 63.9 Å². The average Bonchev–Trinajstić information content (AvgIpc) is 2.26. The highest BCUT2D eigenvalue weighted by atomic mass is 31.1. The van der Waals surface area contributed by atoms with Crippen LogP contribution in [0.25, 0.3) is 0 Å². The molecule has 92 valence electrons. The maximum absolute atomic E-state index is 5.55. The van der Waals surface area contributed by atoms with E-state index in [2.05, 4.69) is 13.8 Å². The summed E-state index contributed by atoms with van der Waals surface area (Å²) in [6.45, 7) is 5.48. The minimum atomic E-state index is 0.744. The van der Waals surface area contributed by atoms with Gasteiger partial charge >= 0.3 is 0 Å². The Morgan fingerprint density at radius 1 is 0.733 bits per heavy atom. The van der Waals surface area contributed by atoms with E-state index in [0.29, 0.717) is 0 Å². The van der Waals surface area contributed by atoms with Crippen molar-refractivity contribution in [2.75, 3.05) is 12.8 Å². The lowest BCUT2D eigenvalue weighted by Gasteiger charge is -2.03. The van der Waals surface area contributed by atoms with Crippen LogP contribution < -0.4 is 0 Å². The zero-order chi connectivity index (χ0) is 11.2. The Kier molecular flexibility index (Phi) is 14.8. The van der Waals surface area contributed by atoms with Crippen molar-refractivity contribution < 1.29 is 4.52 Å². The summed E-state index contributed by atoms with van der Waals surface area (Å²) in [5.74, 6) is 0. The van der Waals surface area contributed by atoms with Crippen LogP contribution in [0.15, 0.2) is 0 Å². The van der Waals surface area contributed by atoms with Crippen molar-refractivity contribution in [1.29, 1.82) is 0 Å². The third-order valence-corrected chi connectivity index (χ3v) is 3.67. The molecule has 0 N–H and O–H groups in total. The van der Waals surface area contributed by atoms with Crippen molar-refractivity contribution in [1.82, 2.24) is 0 Å². The van der Waals surface area contributed by atoms with Gasteiger partial charge in [-0.1, -0.05) is 65.2 Å². The van der Waals surface area contributed by atoms with Gasteiger partial charge in [0, 0.05) is 8.81 Å². The lowest BCUT2D eigenvalue weighted by molar-refractivity contribution is 0.344. The molecule has 0 heterocycles. The molecule has 2 heteroatoms. The molecule has 0 aliphatic carbocycles. The first-order valence-electron chi connectivity index (χ1n) is 6.76. The number of hydrogen-bond donors (Lipinski definition) is 0. The predicted molar refractivity (Wildman–Crippen MR) is 72.0 cm³/mol. The summed E-state index contributed by atoms with van der Waals surface area (Å²) < 4.78 is 5.55. The molecule has 0 rings (SSSR count).